The van der Waals surface area contributed by atoms with E-state index < -0.39 is 15.8 Å². The molecule has 3 N–H and O–H groups in total. The molecule has 2 aliphatic carbocycles. The molecule has 3 rings (SSSR count). The molecule has 0 amide bonds. The summed E-state index contributed by atoms with van der Waals surface area (Å²) in [5.41, 5.74) is 5.81. The van der Waals surface area contributed by atoms with Crippen LogP contribution in [0.1, 0.15) is 31.2 Å². The summed E-state index contributed by atoms with van der Waals surface area (Å²) in [4.78, 5) is -0.0506. The summed E-state index contributed by atoms with van der Waals surface area (Å²) >= 11 is 0. The molecule has 0 aliphatic heterocycles. The summed E-state index contributed by atoms with van der Waals surface area (Å²) in [6, 6.07) is 2.47. The highest BCUT2D eigenvalue weighted by atomic mass is 32.2. The Hall–Kier alpha value is -1.14. The number of nitrogens with one attached hydrogen (secondary N) is 1. The Morgan fingerprint density at radius 1 is 1.29 bits per heavy atom. The Morgan fingerprint density at radius 2 is 1.86 bits per heavy atom. The van der Waals surface area contributed by atoms with Crippen molar-refractivity contribution in [3.63, 3.8) is 0 Å². The van der Waals surface area contributed by atoms with E-state index in [0.29, 0.717) is 24.3 Å². The van der Waals surface area contributed by atoms with Gasteiger partial charge in [-0.25, -0.2) is 17.5 Å². The van der Waals surface area contributed by atoms with Gasteiger partial charge in [-0.15, -0.1) is 0 Å². The second-order valence-electron chi connectivity index (χ2n) is 6.32. The van der Waals surface area contributed by atoms with Gasteiger partial charge < -0.3 is 5.73 Å². The van der Waals surface area contributed by atoms with Crippen molar-refractivity contribution < 1.29 is 12.8 Å². The van der Waals surface area contributed by atoms with Gasteiger partial charge in [0.1, 0.15) is 5.82 Å². The maximum absolute atomic E-state index is 13.7. The minimum atomic E-state index is -3.71. The van der Waals surface area contributed by atoms with Gasteiger partial charge in [-0.2, -0.15) is 0 Å². The number of rotatable bonds is 6. The molecule has 116 valence electrons. The van der Waals surface area contributed by atoms with Gasteiger partial charge in [0.15, 0.2) is 0 Å². The third kappa shape index (κ3) is 3.21. The number of halogens is 1. The predicted octanol–water partition coefficient (Wildman–Crippen LogP) is 2.43. The van der Waals surface area contributed by atoms with Crippen LogP contribution in [-0.4, -0.2) is 15.0 Å². The van der Waals surface area contributed by atoms with Crippen LogP contribution in [0.5, 0.6) is 0 Å². The largest absolute Gasteiger partial charge is 0.399 e. The second kappa shape index (κ2) is 5.25. The molecular weight excluding hydrogens is 291 g/mol. The lowest BCUT2D eigenvalue weighted by molar-refractivity contribution is 0.401. The predicted molar refractivity (Wildman–Crippen MR) is 79.7 cm³/mol. The normalized spacial score (nSPS) is 19.2. The summed E-state index contributed by atoms with van der Waals surface area (Å²) in [5, 5.41) is 0. The number of hydrogen-bond donors (Lipinski definition) is 2. The van der Waals surface area contributed by atoms with Crippen molar-refractivity contribution in [2.75, 3.05) is 12.3 Å². The first-order valence-electron chi connectivity index (χ1n) is 7.44. The molecule has 2 saturated carbocycles. The molecule has 1 aromatic carbocycles. The van der Waals surface area contributed by atoms with Gasteiger partial charge >= 0.3 is 0 Å². The van der Waals surface area contributed by atoms with E-state index in [9.17, 15) is 12.8 Å². The highest BCUT2D eigenvalue weighted by Gasteiger charge is 2.41. The van der Waals surface area contributed by atoms with Gasteiger partial charge in [-0.1, -0.05) is 0 Å². The first-order valence-corrected chi connectivity index (χ1v) is 8.92. The van der Waals surface area contributed by atoms with Gasteiger partial charge in [0.25, 0.3) is 0 Å². The number of benzene rings is 1. The summed E-state index contributed by atoms with van der Waals surface area (Å²) in [6.07, 6.45) is 4.81. The zero-order valence-corrected chi connectivity index (χ0v) is 12.9. The minimum absolute atomic E-state index is 0.0506. The molecule has 0 aromatic heterocycles. The lowest BCUT2D eigenvalue weighted by Gasteiger charge is -2.17. The van der Waals surface area contributed by atoms with Gasteiger partial charge in [-0.05, 0) is 62.5 Å². The fourth-order valence-corrected chi connectivity index (χ4v) is 4.36. The molecule has 1 aromatic rings. The SMILES string of the molecule is Cc1c(F)cc(N)cc1S(=O)(=O)NCC(C1CC1)C1CC1. The average molecular weight is 312 g/mol. The molecule has 0 saturated heterocycles. The molecule has 4 nitrogen and oxygen atoms in total. The van der Waals surface area contributed by atoms with E-state index in [0.717, 1.165) is 6.07 Å². The van der Waals surface area contributed by atoms with Crippen molar-refractivity contribution in [3.8, 4) is 0 Å². The highest BCUT2D eigenvalue weighted by Crippen LogP contribution is 2.48. The Morgan fingerprint density at radius 3 is 2.38 bits per heavy atom. The molecule has 0 unspecified atom stereocenters. The number of sulfonamides is 1. The molecule has 0 bridgehead atoms. The fourth-order valence-electron chi connectivity index (χ4n) is 3.00. The lowest BCUT2D eigenvalue weighted by Crippen LogP contribution is -2.31. The van der Waals surface area contributed by atoms with E-state index in [2.05, 4.69) is 4.72 Å². The van der Waals surface area contributed by atoms with E-state index in [4.69, 9.17) is 5.73 Å². The molecular formula is C15H21FN2O2S. The maximum atomic E-state index is 13.7. The Balaban J connectivity index is 1.77. The van der Waals surface area contributed by atoms with Gasteiger partial charge in [0.2, 0.25) is 10.0 Å². The van der Waals surface area contributed by atoms with Crippen molar-refractivity contribution in [1.82, 2.24) is 4.72 Å². The van der Waals surface area contributed by atoms with Gasteiger partial charge in [-0.3, -0.25) is 0 Å². The molecule has 21 heavy (non-hydrogen) atoms. The molecule has 0 spiro atoms. The zero-order chi connectivity index (χ0) is 15.2. The third-order valence-electron chi connectivity index (χ3n) is 4.57. The van der Waals surface area contributed by atoms with E-state index in [1.54, 1.807) is 0 Å². The minimum Gasteiger partial charge on any atom is -0.399 e. The quantitative estimate of drug-likeness (QED) is 0.792. The van der Waals surface area contributed by atoms with E-state index in [1.165, 1.54) is 38.7 Å². The summed E-state index contributed by atoms with van der Waals surface area (Å²) in [6.45, 7) is 1.91. The zero-order valence-electron chi connectivity index (χ0n) is 12.1. The van der Waals surface area contributed by atoms with Crippen LogP contribution in [-0.2, 0) is 10.0 Å². The first-order chi connectivity index (χ1) is 9.88. The molecule has 2 aliphatic rings. The van der Waals surface area contributed by atoms with Crippen LogP contribution in [0.2, 0.25) is 0 Å². The third-order valence-corrected chi connectivity index (χ3v) is 6.12. The number of nitrogen functional groups attached to an aromatic ring is 1. The van der Waals surface area contributed by atoms with Gasteiger partial charge in [0, 0.05) is 17.8 Å². The van der Waals surface area contributed by atoms with Crippen LogP contribution >= 0.6 is 0 Å². The standard InChI is InChI=1S/C15H21FN2O2S/c1-9-14(16)6-12(17)7-15(9)21(19,20)18-8-13(10-2-3-10)11-4-5-11/h6-7,10-11,13,18H,2-5,8,17H2,1H3. The maximum Gasteiger partial charge on any atom is 0.241 e. The first kappa shape index (κ1) is 14.8. The van der Waals surface area contributed by atoms with Gasteiger partial charge in [0.05, 0.1) is 4.90 Å². The van der Waals surface area contributed by atoms with Crippen LogP contribution in [0.25, 0.3) is 0 Å². The molecule has 0 heterocycles. The fraction of sp³-hybridized carbons (Fsp3) is 0.600. The Kier molecular flexibility index (Phi) is 3.69. The summed E-state index contributed by atoms with van der Waals surface area (Å²) in [5.74, 6) is 1.18. The van der Waals surface area contributed by atoms with Crippen LogP contribution in [0.3, 0.4) is 0 Å². The van der Waals surface area contributed by atoms with Crippen molar-refractivity contribution >= 4 is 15.7 Å². The van der Waals surface area contributed by atoms with E-state index >= 15 is 0 Å². The van der Waals surface area contributed by atoms with Crippen molar-refractivity contribution in [1.29, 1.82) is 0 Å². The smallest absolute Gasteiger partial charge is 0.241 e. The number of hydrogen-bond acceptors (Lipinski definition) is 3. The van der Waals surface area contributed by atoms with Crippen LogP contribution in [0.4, 0.5) is 10.1 Å². The van der Waals surface area contributed by atoms with E-state index in [1.807, 2.05) is 0 Å². The number of anilines is 1. The van der Waals surface area contributed by atoms with Crippen LogP contribution in [0.15, 0.2) is 17.0 Å². The molecule has 6 heteroatoms. The highest BCUT2D eigenvalue weighted by molar-refractivity contribution is 7.89. The molecule has 2 fully saturated rings. The van der Waals surface area contributed by atoms with Crippen molar-refractivity contribution in [3.05, 3.63) is 23.5 Å². The lowest BCUT2D eigenvalue weighted by atomic mass is 9.99. The Bertz CT molecular complexity index is 640. The van der Waals surface area contributed by atoms with Crippen molar-refractivity contribution in [2.24, 2.45) is 17.8 Å². The topological polar surface area (TPSA) is 72.2 Å². The Labute approximate surface area is 125 Å². The molecule has 0 atom stereocenters. The second-order valence-corrected chi connectivity index (χ2v) is 8.05. The summed E-state index contributed by atoms with van der Waals surface area (Å²) < 4.78 is 41.2. The summed E-state index contributed by atoms with van der Waals surface area (Å²) in [7, 11) is -3.71. The van der Waals surface area contributed by atoms with Crippen molar-refractivity contribution in [2.45, 2.75) is 37.5 Å². The van der Waals surface area contributed by atoms with E-state index in [-0.39, 0.29) is 16.1 Å². The van der Waals surface area contributed by atoms with Crippen LogP contribution in [0, 0.1) is 30.5 Å². The number of nitrogens with two attached hydrogens (primary N) is 1. The molecule has 0 radical (unpaired) electrons. The monoisotopic (exact) mass is 312 g/mol. The average Bonchev–Trinajstić information content (AvgIpc) is 3.25. The van der Waals surface area contributed by atoms with Crippen LogP contribution < -0.4 is 10.5 Å².